The number of hydrogen-bond donors (Lipinski definition) is 2. The summed E-state index contributed by atoms with van der Waals surface area (Å²) in [6.45, 7) is -0.215. The van der Waals surface area contributed by atoms with E-state index in [2.05, 4.69) is 5.32 Å². The van der Waals surface area contributed by atoms with Crippen molar-refractivity contribution < 1.29 is 23.1 Å². The summed E-state index contributed by atoms with van der Waals surface area (Å²) in [5.41, 5.74) is 0.747. The third kappa shape index (κ3) is 5.22. The molecule has 1 aromatic rings. The van der Waals surface area contributed by atoms with Crippen molar-refractivity contribution in [1.82, 2.24) is 10.2 Å². The second kappa shape index (κ2) is 7.00. The van der Waals surface area contributed by atoms with Gasteiger partial charge >= 0.3 is 6.18 Å². The second-order valence-corrected chi connectivity index (χ2v) is 5.58. The van der Waals surface area contributed by atoms with Crippen LogP contribution in [-0.4, -0.2) is 41.7 Å². The molecule has 0 saturated carbocycles. The standard InChI is InChI=1S/C15H19F3N2O2/c16-15(17,18)10-20-6-2-4-12(9-20)14(22)19-8-11-3-1-5-13(21)7-11/h1,3,5,7,12,21H,2,4,6,8-10H2,(H,19,22). The Balaban J connectivity index is 1.84. The van der Waals surface area contributed by atoms with Crippen LogP contribution in [0.25, 0.3) is 0 Å². The van der Waals surface area contributed by atoms with Crippen molar-refractivity contribution in [3.63, 3.8) is 0 Å². The van der Waals surface area contributed by atoms with Gasteiger partial charge in [0.2, 0.25) is 5.91 Å². The Bertz CT molecular complexity index is 520. The van der Waals surface area contributed by atoms with Crippen LogP contribution in [0.2, 0.25) is 0 Å². The van der Waals surface area contributed by atoms with Crippen LogP contribution in [0.4, 0.5) is 13.2 Å². The zero-order valence-electron chi connectivity index (χ0n) is 12.1. The maximum absolute atomic E-state index is 12.4. The van der Waals surface area contributed by atoms with E-state index < -0.39 is 18.6 Å². The van der Waals surface area contributed by atoms with E-state index >= 15 is 0 Å². The van der Waals surface area contributed by atoms with Crippen LogP contribution < -0.4 is 5.32 Å². The van der Waals surface area contributed by atoms with E-state index in [4.69, 9.17) is 0 Å². The molecule has 2 N–H and O–H groups in total. The van der Waals surface area contributed by atoms with Gasteiger partial charge in [-0.3, -0.25) is 9.69 Å². The predicted octanol–water partition coefficient (Wildman–Crippen LogP) is 2.28. The van der Waals surface area contributed by atoms with Crippen molar-refractivity contribution in [1.29, 1.82) is 0 Å². The van der Waals surface area contributed by atoms with Crippen LogP contribution >= 0.6 is 0 Å². The molecule has 1 unspecified atom stereocenters. The maximum Gasteiger partial charge on any atom is 0.401 e. The molecule has 1 aromatic carbocycles. The normalized spacial score (nSPS) is 19.9. The fraction of sp³-hybridized carbons (Fsp3) is 0.533. The monoisotopic (exact) mass is 316 g/mol. The van der Waals surface area contributed by atoms with E-state index in [0.717, 1.165) is 5.56 Å². The van der Waals surface area contributed by atoms with Crippen molar-refractivity contribution in [2.24, 2.45) is 5.92 Å². The van der Waals surface area contributed by atoms with Gasteiger partial charge in [0.05, 0.1) is 12.5 Å². The van der Waals surface area contributed by atoms with Crippen molar-refractivity contribution in [2.75, 3.05) is 19.6 Å². The molecule has 1 aliphatic heterocycles. The third-order valence-electron chi connectivity index (χ3n) is 3.66. The van der Waals surface area contributed by atoms with Gasteiger partial charge in [0, 0.05) is 13.1 Å². The van der Waals surface area contributed by atoms with Gasteiger partial charge in [-0.25, -0.2) is 0 Å². The number of aromatic hydroxyl groups is 1. The number of halogens is 3. The SMILES string of the molecule is O=C(NCc1cccc(O)c1)C1CCCN(CC(F)(F)F)C1. The highest BCUT2D eigenvalue weighted by molar-refractivity contribution is 5.79. The highest BCUT2D eigenvalue weighted by Gasteiger charge is 2.34. The molecule has 1 aliphatic rings. The van der Waals surface area contributed by atoms with Gasteiger partial charge < -0.3 is 10.4 Å². The number of nitrogens with one attached hydrogen (secondary N) is 1. The number of carbonyl (C=O) groups is 1. The summed E-state index contributed by atoms with van der Waals surface area (Å²) in [5, 5.41) is 12.1. The molecule has 2 rings (SSSR count). The molecule has 0 radical (unpaired) electrons. The Morgan fingerprint density at radius 3 is 2.86 bits per heavy atom. The molecule has 0 spiro atoms. The minimum Gasteiger partial charge on any atom is -0.508 e. The molecule has 0 bridgehead atoms. The number of nitrogens with zero attached hydrogens (tertiary/aromatic N) is 1. The molecule has 1 fully saturated rings. The number of benzene rings is 1. The predicted molar refractivity (Wildman–Crippen MR) is 75.2 cm³/mol. The Morgan fingerprint density at radius 2 is 2.18 bits per heavy atom. The lowest BCUT2D eigenvalue weighted by Gasteiger charge is -2.32. The first kappa shape index (κ1) is 16.6. The van der Waals surface area contributed by atoms with E-state index in [-0.39, 0.29) is 24.7 Å². The fourth-order valence-electron chi connectivity index (χ4n) is 2.67. The lowest BCUT2D eigenvalue weighted by molar-refractivity contribution is -0.152. The third-order valence-corrected chi connectivity index (χ3v) is 3.66. The Hall–Kier alpha value is -1.76. The minimum absolute atomic E-state index is 0.112. The van der Waals surface area contributed by atoms with Gasteiger partial charge in [-0.1, -0.05) is 12.1 Å². The highest BCUT2D eigenvalue weighted by atomic mass is 19.4. The Labute approximate surface area is 126 Å². The Kier molecular flexibility index (Phi) is 5.28. The molecular weight excluding hydrogens is 297 g/mol. The van der Waals surface area contributed by atoms with Gasteiger partial charge in [0.15, 0.2) is 0 Å². The van der Waals surface area contributed by atoms with Crippen LogP contribution in [0.1, 0.15) is 18.4 Å². The van der Waals surface area contributed by atoms with Gasteiger partial charge in [-0.15, -0.1) is 0 Å². The summed E-state index contributed by atoms with van der Waals surface area (Å²) in [7, 11) is 0. The van der Waals surface area contributed by atoms with Crippen molar-refractivity contribution >= 4 is 5.91 Å². The van der Waals surface area contributed by atoms with Gasteiger partial charge in [-0.2, -0.15) is 13.2 Å². The summed E-state index contributed by atoms with van der Waals surface area (Å²) in [4.78, 5) is 13.4. The Morgan fingerprint density at radius 1 is 1.41 bits per heavy atom. The summed E-state index contributed by atoms with van der Waals surface area (Å²) in [5.74, 6) is -0.551. The minimum atomic E-state index is -4.24. The second-order valence-electron chi connectivity index (χ2n) is 5.58. The maximum atomic E-state index is 12.4. The van der Waals surface area contributed by atoms with E-state index in [1.807, 2.05) is 0 Å². The summed E-state index contributed by atoms with van der Waals surface area (Å²) >= 11 is 0. The van der Waals surface area contributed by atoms with Crippen LogP contribution in [-0.2, 0) is 11.3 Å². The van der Waals surface area contributed by atoms with E-state index in [9.17, 15) is 23.1 Å². The largest absolute Gasteiger partial charge is 0.508 e. The number of rotatable bonds is 4. The molecular formula is C15H19F3N2O2. The first-order valence-corrected chi connectivity index (χ1v) is 7.18. The van der Waals surface area contributed by atoms with Crippen LogP contribution in [0.3, 0.4) is 0 Å². The highest BCUT2D eigenvalue weighted by Crippen LogP contribution is 2.22. The van der Waals surface area contributed by atoms with Gasteiger partial charge in [0.1, 0.15) is 5.75 Å². The van der Waals surface area contributed by atoms with Crippen molar-refractivity contribution in [2.45, 2.75) is 25.6 Å². The molecule has 122 valence electrons. The lowest BCUT2D eigenvalue weighted by atomic mass is 9.97. The molecule has 22 heavy (non-hydrogen) atoms. The molecule has 4 nitrogen and oxygen atoms in total. The summed E-state index contributed by atoms with van der Waals surface area (Å²) in [6.07, 6.45) is -3.06. The average Bonchev–Trinajstić information content (AvgIpc) is 2.43. The molecule has 0 aliphatic carbocycles. The molecule has 1 saturated heterocycles. The van der Waals surface area contributed by atoms with E-state index in [1.54, 1.807) is 12.1 Å². The van der Waals surface area contributed by atoms with Crippen LogP contribution in [0.15, 0.2) is 24.3 Å². The zero-order valence-corrected chi connectivity index (χ0v) is 12.1. The van der Waals surface area contributed by atoms with Gasteiger partial charge in [-0.05, 0) is 37.1 Å². The smallest absolute Gasteiger partial charge is 0.401 e. The zero-order chi connectivity index (χ0) is 16.2. The number of hydrogen-bond acceptors (Lipinski definition) is 3. The van der Waals surface area contributed by atoms with Crippen LogP contribution in [0, 0.1) is 5.92 Å². The number of phenolic OH excluding ortho intramolecular Hbond substituents is 1. The number of piperidine rings is 1. The molecule has 1 atom stereocenters. The fourth-order valence-corrected chi connectivity index (χ4v) is 2.67. The topological polar surface area (TPSA) is 52.6 Å². The van der Waals surface area contributed by atoms with E-state index in [0.29, 0.717) is 19.4 Å². The quantitative estimate of drug-likeness (QED) is 0.896. The van der Waals surface area contributed by atoms with Gasteiger partial charge in [0.25, 0.3) is 0 Å². The average molecular weight is 316 g/mol. The first-order valence-electron chi connectivity index (χ1n) is 7.18. The lowest BCUT2D eigenvalue weighted by Crippen LogP contribution is -2.45. The van der Waals surface area contributed by atoms with Crippen molar-refractivity contribution in [3.8, 4) is 5.75 Å². The summed E-state index contributed by atoms with van der Waals surface area (Å²) in [6, 6.07) is 6.50. The number of amides is 1. The number of alkyl halides is 3. The number of carbonyl (C=O) groups excluding carboxylic acids is 1. The van der Waals surface area contributed by atoms with Crippen molar-refractivity contribution in [3.05, 3.63) is 29.8 Å². The molecule has 1 heterocycles. The molecule has 0 aromatic heterocycles. The number of phenols is 1. The molecule has 7 heteroatoms. The summed E-state index contributed by atoms with van der Waals surface area (Å²) < 4.78 is 37.2. The number of likely N-dealkylation sites (tertiary alicyclic amines) is 1. The first-order chi connectivity index (χ1) is 10.3. The van der Waals surface area contributed by atoms with E-state index in [1.165, 1.54) is 17.0 Å². The molecule has 1 amide bonds. The van der Waals surface area contributed by atoms with Crippen LogP contribution in [0.5, 0.6) is 5.75 Å².